The maximum Gasteiger partial charge on any atom is 0.337 e. The average molecular weight is 234 g/mol. The Hall–Kier alpha value is -1.55. The van der Waals surface area contributed by atoms with Gasteiger partial charge < -0.3 is 15.3 Å². The SMILES string of the molecule is CC[C@H]1CNCCN1c1ccccc1C(=O)O. The lowest BCUT2D eigenvalue weighted by atomic mass is 10.1. The molecule has 0 aliphatic carbocycles. The van der Waals surface area contributed by atoms with Gasteiger partial charge in [0.05, 0.1) is 11.3 Å². The van der Waals surface area contributed by atoms with E-state index in [4.69, 9.17) is 0 Å². The van der Waals surface area contributed by atoms with Crippen LogP contribution in [0.2, 0.25) is 0 Å². The summed E-state index contributed by atoms with van der Waals surface area (Å²) in [6.07, 6.45) is 1.01. The summed E-state index contributed by atoms with van der Waals surface area (Å²) in [7, 11) is 0. The van der Waals surface area contributed by atoms with Crippen LogP contribution in [0.25, 0.3) is 0 Å². The van der Waals surface area contributed by atoms with E-state index in [9.17, 15) is 9.90 Å². The standard InChI is InChI=1S/C13H18N2O2/c1-2-10-9-14-7-8-15(10)12-6-4-3-5-11(12)13(16)17/h3-6,10,14H,2,7-9H2,1H3,(H,16,17)/t10-/m0/s1. The van der Waals surface area contributed by atoms with Crippen LogP contribution >= 0.6 is 0 Å². The highest BCUT2D eigenvalue weighted by Crippen LogP contribution is 2.24. The molecule has 1 saturated heterocycles. The number of carboxylic acid groups (broad SMARTS) is 1. The molecule has 17 heavy (non-hydrogen) atoms. The van der Waals surface area contributed by atoms with Gasteiger partial charge in [-0.1, -0.05) is 19.1 Å². The van der Waals surface area contributed by atoms with Crippen molar-refractivity contribution in [3.05, 3.63) is 29.8 Å². The highest BCUT2D eigenvalue weighted by molar-refractivity contribution is 5.94. The van der Waals surface area contributed by atoms with Crippen LogP contribution in [0.3, 0.4) is 0 Å². The second kappa shape index (κ2) is 5.19. The van der Waals surface area contributed by atoms with E-state index >= 15 is 0 Å². The fraction of sp³-hybridized carbons (Fsp3) is 0.462. The smallest absolute Gasteiger partial charge is 0.337 e. The molecule has 0 unspecified atom stereocenters. The van der Waals surface area contributed by atoms with Crippen LogP contribution in [0.1, 0.15) is 23.7 Å². The number of nitrogens with zero attached hydrogens (tertiary/aromatic N) is 1. The summed E-state index contributed by atoms with van der Waals surface area (Å²) in [6.45, 7) is 4.83. The van der Waals surface area contributed by atoms with Gasteiger partial charge >= 0.3 is 5.97 Å². The third kappa shape index (κ3) is 2.42. The molecule has 1 aromatic carbocycles. The molecule has 1 aliphatic rings. The molecule has 0 radical (unpaired) electrons. The average Bonchev–Trinajstić information content (AvgIpc) is 2.38. The fourth-order valence-electron chi connectivity index (χ4n) is 2.35. The molecule has 1 aliphatic heterocycles. The largest absolute Gasteiger partial charge is 0.478 e. The van der Waals surface area contributed by atoms with Gasteiger partial charge in [0.15, 0.2) is 0 Å². The Morgan fingerprint density at radius 1 is 1.53 bits per heavy atom. The van der Waals surface area contributed by atoms with Crippen LogP contribution in [0.15, 0.2) is 24.3 Å². The fourth-order valence-corrected chi connectivity index (χ4v) is 2.35. The van der Waals surface area contributed by atoms with Gasteiger partial charge in [0.1, 0.15) is 0 Å². The molecule has 1 aromatic rings. The summed E-state index contributed by atoms with van der Waals surface area (Å²) in [5.41, 5.74) is 1.24. The van der Waals surface area contributed by atoms with E-state index in [2.05, 4.69) is 17.1 Å². The van der Waals surface area contributed by atoms with Crippen molar-refractivity contribution in [3.63, 3.8) is 0 Å². The number of carbonyl (C=O) groups is 1. The molecule has 2 N–H and O–H groups in total. The van der Waals surface area contributed by atoms with Crippen molar-refractivity contribution in [2.75, 3.05) is 24.5 Å². The van der Waals surface area contributed by atoms with Crippen molar-refractivity contribution in [2.45, 2.75) is 19.4 Å². The van der Waals surface area contributed by atoms with Crippen molar-refractivity contribution >= 4 is 11.7 Å². The number of aromatic carboxylic acids is 1. The number of carboxylic acids is 1. The molecule has 1 atom stereocenters. The van der Waals surface area contributed by atoms with E-state index in [0.29, 0.717) is 11.6 Å². The normalized spacial score (nSPS) is 20.3. The van der Waals surface area contributed by atoms with Gasteiger partial charge in [0, 0.05) is 25.7 Å². The topological polar surface area (TPSA) is 52.6 Å². The molecular formula is C13H18N2O2. The third-order valence-electron chi connectivity index (χ3n) is 3.27. The first-order valence-electron chi connectivity index (χ1n) is 6.03. The summed E-state index contributed by atoms with van der Waals surface area (Å²) in [5, 5.41) is 12.6. The molecule has 92 valence electrons. The molecule has 0 aromatic heterocycles. The molecule has 1 heterocycles. The first-order chi connectivity index (χ1) is 8.24. The van der Waals surface area contributed by atoms with Crippen molar-refractivity contribution in [3.8, 4) is 0 Å². The van der Waals surface area contributed by atoms with Crippen molar-refractivity contribution in [1.82, 2.24) is 5.32 Å². The zero-order valence-electron chi connectivity index (χ0n) is 10.0. The number of piperazine rings is 1. The number of anilines is 1. The first-order valence-corrected chi connectivity index (χ1v) is 6.03. The molecule has 1 fully saturated rings. The van der Waals surface area contributed by atoms with Gasteiger partial charge in [-0.2, -0.15) is 0 Å². The number of rotatable bonds is 3. The number of nitrogens with one attached hydrogen (secondary N) is 1. The van der Waals surface area contributed by atoms with E-state index in [1.54, 1.807) is 12.1 Å². The van der Waals surface area contributed by atoms with Crippen LogP contribution in [0, 0.1) is 0 Å². The highest BCUT2D eigenvalue weighted by atomic mass is 16.4. The maximum absolute atomic E-state index is 11.2. The third-order valence-corrected chi connectivity index (χ3v) is 3.27. The number of hydrogen-bond donors (Lipinski definition) is 2. The quantitative estimate of drug-likeness (QED) is 0.833. The Labute approximate surface area is 101 Å². The maximum atomic E-state index is 11.2. The summed E-state index contributed by atoms with van der Waals surface area (Å²) >= 11 is 0. The van der Waals surface area contributed by atoms with Gasteiger partial charge in [-0.05, 0) is 18.6 Å². The first kappa shape index (κ1) is 11.9. The number of benzene rings is 1. The van der Waals surface area contributed by atoms with Crippen LogP contribution in [-0.2, 0) is 0 Å². The lowest BCUT2D eigenvalue weighted by Crippen LogP contribution is -2.51. The van der Waals surface area contributed by atoms with Crippen molar-refractivity contribution in [2.24, 2.45) is 0 Å². The van der Waals surface area contributed by atoms with Crippen molar-refractivity contribution < 1.29 is 9.90 Å². The van der Waals surface area contributed by atoms with E-state index in [1.165, 1.54) is 0 Å². The minimum atomic E-state index is -0.853. The minimum Gasteiger partial charge on any atom is -0.478 e. The van der Waals surface area contributed by atoms with Gasteiger partial charge in [-0.3, -0.25) is 0 Å². The molecule has 0 spiro atoms. The van der Waals surface area contributed by atoms with Crippen molar-refractivity contribution in [1.29, 1.82) is 0 Å². The zero-order chi connectivity index (χ0) is 12.3. The molecular weight excluding hydrogens is 216 g/mol. The predicted octanol–water partition coefficient (Wildman–Crippen LogP) is 1.57. The summed E-state index contributed by atoms with van der Waals surface area (Å²) in [4.78, 5) is 13.4. The molecule has 0 amide bonds. The Kier molecular flexibility index (Phi) is 3.64. The Bertz CT molecular complexity index is 406. The Morgan fingerprint density at radius 3 is 3.00 bits per heavy atom. The Morgan fingerprint density at radius 2 is 2.29 bits per heavy atom. The predicted molar refractivity (Wildman–Crippen MR) is 67.7 cm³/mol. The monoisotopic (exact) mass is 234 g/mol. The Balaban J connectivity index is 2.34. The number of para-hydroxylation sites is 1. The van der Waals surface area contributed by atoms with E-state index in [0.717, 1.165) is 31.7 Å². The lowest BCUT2D eigenvalue weighted by Gasteiger charge is -2.38. The second-order valence-electron chi connectivity index (χ2n) is 4.28. The van der Waals surface area contributed by atoms with Gasteiger partial charge in [-0.25, -0.2) is 4.79 Å². The molecule has 4 heteroatoms. The van der Waals surface area contributed by atoms with E-state index in [-0.39, 0.29) is 0 Å². The van der Waals surface area contributed by atoms with Crippen LogP contribution in [-0.4, -0.2) is 36.8 Å². The summed E-state index contributed by atoms with van der Waals surface area (Å²) in [5.74, 6) is -0.853. The second-order valence-corrected chi connectivity index (χ2v) is 4.28. The van der Waals surface area contributed by atoms with E-state index in [1.807, 2.05) is 12.1 Å². The molecule has 4 nitrogen and oxygen atoms in total. The zero-order valence-corrected chi connectivity index (χ0v) is 10.0. The highest BCUT2D eigenvalue weighted by Gasteiger charge is 2.24. The van der Waals surface area contributed by atoms with Crippen LogP contribution in [0.4, 0.5) is 5.69 Å². The van der Waals surface area contributed by atoms with Gasteiger partial charge in [0.2, 0.25) is 0 Å². The summed E-state index contributed by atoms with van der Waals surface area (Å²) in [6, 6.07) is 7.63. The number of hydrogen-bond acceptors (Lipinski definition) is 3. The molecule has 0 saturated carbocycles. The van der Waals surface area contributed by atoms with Gasteiger partial charge in [-0.15, -0.1) is 0 Å². The minimum absolute atomic E-state index is 0.379. The van der Waals surface area contributed by atoms with E-state index < -0.39 is 5.97 Å². The van der Waals surface area contributed by atoms with Crippen LogP contribution in [0.5, 0.6) is 0 Å². The lowest BCUT2D eigenvalue weighted by molar-refractivity contribution is 0.0697. The van der Waals surface area contributed by atoms with Gasteiger partial charge in [0.25, 0.3) is 0 Å². The molecule has 0 bridgehead atoms. The summed E-state index contributed by atoms with van der Waals surface area (Å²) < 4.78 is 0. The molecule has 2 rings (SSSR count). The van der Waals surface area contributed by atoms with Crippen LogP contribution < -0.4 is 10.2 Å².